The molecule has 1 atom stereocenters. The van der Waals surface area contributed by atoms with E-state index in [1.807, 2.05) is 11.3 Å². The molecule has 18 heavy (non-hydrogen) atoms. The summed E-state index contributed by atoms with van der Waals surface area (Å²) in [5.74, 6) is 0.874. The van der Waals surface area contributed by atoms with E-state index in [0.717, 1.165) is 23.3 Å². The molecule has 1 aromatic heterocycles. The van der Waals surface area contributed by atoms with Crippen molar-refractivity contribution in [3.8, 4) is 0 Å². The third-order valence-corrected chi connectivity index (χ3v) is 5.06. The first-order chi connectivity index (χ1) is 8.85. The van der Waals surface area contributed by atoms with Crippen LogP contribution in [0.2, 0.25) is 0 Å². The third-order valence-electron chi connectivity index (χ3n) is 3.58. The lowest BCUT2D eigenvalue weighted by Crippen LogP contribution is -2.20. The Kier molecular flexibility index (Phi) is 3.97. The maximum atomic E-state index is 4.71. The number of likely N-dealkylation sites (tertiary alicyclic amines) is 1. The van der Waals surface area contributed by atoms with E-state index in [2.05, 4.69) is 45.1 Å². The van der Waals surface area contributed by atoms with E-state index in [1.165, 1.54) is 35.6 Å². The molecule has 1 aliphatic rings. The second-order valence-electron chi connectivity index (χ2n) is 4.94. The molecule has 1 aromatic carbocycles. The number of benzene rings is 1. The molecule has 0 radical (unpaired) electrons. The quantitative estimate of drug-likeness (QED) is 0.793. The van der Waals surface area contributed by atoms with Crippen molar-refractivity contribution < 1.29 is 0 Å². The molecule has 3 rings (SSSR count). The Labute approximate surface area is 120 Å². The molecule has 0 amide bonds. The summed E-state index contributed by atoms with van der Waals surface area (Å²) >= 11 is 5.38. The van der Waals surface area contributed by atoms with Gasteiger partial charge in [-0.05, 0) is 37.4 Å². The number of hydrogen-bond acceptors (Lipinski definition) is 3. The van der Waals surface area contributed by atoms with E-state index < -0.39 is 0 Å². The fourth-order valence-electron chi connectivity index (χ4n) is 2.63. The Morgan fingerprint density at radius 1 is 1.39 bits per heavy atom. The van der Waals surface area contributed by atoms with Crippen LogP contribution in [0.25, 0.3) is 10.2 Å². The van der Waals surface area contributed by atoms with Crippen molar-refractivity contribution in [3.63, 3.8) is 0 Å². The molecule has 1 fully saturated rings. The number of alkyl halides is 1. The van der Waals surface area contributed by atoms with E-state index in [0.29, 0.717) is 0 Å². The first-order valence-corrected chi connectivity index (χ1v) is 8.42. The first kappa shape index (κ1) is 12.6. The average molecular weight is 325 g/mol. The number of halogens is 1. The van der Waals surface area contributed by atoms with E-state index in [-0.39, 0.29) is 0 Å². The molecule has 2 aromatic rings. The van der Waals surface area contributed by atoms with Gasteiger partial charge in [-0.3, -0.25) is 4.90 Å². The van der Waals surface area contributed by atoms with Crippen LogP contribution in [0.5, 0.6) is 0 Å². The molecule has 0 saturated carbocycles. The smallest absolute Gasteiger partial charge is 0.108 e. The molecule has 1 unspecified atom stereocenters. The molecule has 2 heterocycles. The summed E-state index contributed by atoms with van der Waals surface area (Å²) < 4.78 is 1.31. The SMILES string of the molecule is BrCCC1CCN(Cc2nc3ccccc3s2)C1. The van der Waals surface area contributed by atoms with Crippen LogP contribution in [0, 0.1) is 5.92 Å². The molecule has 0 spiro atoms. The highest BCUT2D eigenvalue weighted by Gasteiger charge is 2.22. The van der Waals surface area contributed by atoms with Gasteiger partial charge in [0.2, 0.25) is 0 Å². The van der Waals surface area contributed by atoms with E-state index in [4.69, 9.17) is 4.98 Å². The summed E-state index contributed by atoms with van der Waals surface area (Å²) in [6.45, 7) is 3.49. The van der Waals surface area contributed by atoms with Crippen molar-refractivity contribution in [2.75, 3.05) is 18.4 Å². The fraction of sp³-hybridized carbons (Fsp3) is 0.500. The highest BCUT2D eigenvalue weighted by Crippen LogP contribution is 2.26. The van der Waals surface area contributed by atoms with Crippen molar-refractivity contribution >= 4 is 37.5 Å². The minimum absolute atomic E-state index is 0.874. The van der Waals surface area contributed by atoms with Gasteiger partial charge in [-0.2, -0.15) is 0 Å². The number of para-hydroxylation sites is 1. The van der Waals surface area contributed by atoms with Gasteiger partial charge in [0.1, 0.15) is 5.01 Å². The minimum atomic E-state index is 0.874. The maximum Gasteiger partial charge on any atom is 0.108 e. The number of aromatic nitrogens is 1. The summed E-state index contributed by atoms with van der Waals surface area (Å²) in [7, 11) is 0. The van der Waals surface area contributed by atoms with Gasteiger partial charge in [0.25, 0.3) is 0 Å². The molecular formula is C14H17BrN2S. The first-order valence-electron chi connectivity index (χ1n) is 6.48. The van der Waals surface area contributed by atoms with Crippen molar-refractivity contribution in [1.82, 2.24) is 9.88 Å². The predicted molar refractivity (Wildman–Crippen MR) is 81.4 cm³/mol. The number of hydrogen-bond donors (Lipinski definition) is 0. The fourth-order valence-corrected chi connectivity index (χ4v) is 4.28. The van der Waals surface area contributed by atoms with Gasteiger partial charge in [-0.1, -0.05) is 28.1 Å². The summed E-state index contributed by atoms with van der Waals surface area (Å²) in [6.07, 6.45) is 2.65. The molecule has 2 nitrogen and oxygen atoms in total. The average Bonchev–Trinajstić information content (AvgIpc) is 2.96. The zero-order valence-corrected chi connectivity index (χ0v) is 12.7. The molecule has 0 bridgehead atoms. The van der Waals surface area contributed by atoms with Gasteiger partial charge in [0, 0.05) is 11.9 Å². The summed E-state index contributed by atoms with van der Waals surface area (Å²) in [6, 6.07) is 8.42. The molecule has 0 N–H and O–H groups in total. The molecule has 4 heteroatoms. The topological polar surface area (TPSA) is 16.1 Å². The van der Waals surface area contributed by atoms with Crippen molar-refractivity contribution in [2.24, 2.45) is 5.92 Å². The van der Waals surface area contributed by atoms with Gasteiger partial charge in [0.05, 0.1) is 16.8 Å². The van der Waals surface area contributed by atoms with Gasteiger partial charge >= 0.3 is 0 Å². The minimum Gasteiger partial charge on any atom is -0.296 e. The van der Waals surface area contributed by atoms with Crippen LogP contribution >= 0.6 is 27.3 Å². The van der Waals surface area contributed by atoms with Gasteiger partial charge in [0.15, 0.2) is 0 Å². The van der Waals surface area contributed by atoms with E-state index in [1.54, 1.807) is 0 Å². The maximum absolute atomic E-state index is 4.71. The van der Waals surface area contributed by atoms with Crippen LogP contribution in [0.1, 0.15) is 17.8 Å². The highest BCUT2D eigenvalue weighted by atomic mass is 79.9. The standard InChI is InChI=1S/C14H17BrN2S/c15-7-5-11-6-8-17(9-11)10-14-16-12-3-1-2-4-13(12)18-14/h1-4,11H,5-10H2. The zero-order chi connectivity index (χ0) is 12.4. The van der Waals surface area contributed by atoms with E-state index >= 15 is 0 Å². The Bertz CT molecular complexity index is 492. The number of thiazole rings is 1. The summed E-state index contributed by atoms with van der Waals surface area (Å²) in [4.78, 5) is 7.26. The number of nitrogens with zero attached hydrogens (tertiary/aromatic N) is 2. The Morgan fingerprint density at radius 2 is 2.28 bits per heavy atom. The van der Waals surface area contributed by atoms with Crippen LogP contribution < -0.4 is 0 Å². The lowest BCUT2D eigenvalue weighted by atomic mass is 10.1. The van der Waals surface area contributed by atoms with Gasteiger partial charge < -0.3 is 0 Å². The van der Waals surface area contributed by atoms with Crippen LogP contribution in [-0.2, 0) is 6.54 Å². The largest absolute Gasteiger partial charge is 0.296 e. The highest BCUT2D eigenvalue weighted by molar-refractivity contribution is 9.09. The molecule has 96 valence electrons. The van der Waals surface area contributed by atoms with Crippen molar-refractivity contribution in [1.29, 1.82) is 0 Å². The van der Waals surface area contributed by atoms with Gasteiger partial charge in [-0.15, -0.1) is 11.3 Å². The van der Waals surface area contributed by atoms with Gasteiger partial charge in [-0.25, -0.2) is 4.98 Å². The monoisotopic (exact) mass is 324 g/mol. The predicted octanol–water partition coefficient (Wildman–Crippen LogP) is 3.90. The van der Waals surface area contributed by atoms with Crippen LogP contribution in [0.4, 0.5) is 0 Å². The number of fused-ring (bicyclic) bond motifs is 1. The summed E-state index contributed by atoms with van der Waals surface area (Å²) in [5, 5.41) is 2.39. The molecule has 1 aliphatic heterocycles. The molecule has 1 saturated heterocycles. The van der Waals surface area contributed by atoms with Crippen molar-refractivity contribution in [2.45, 2.75) is 19.4 Å². The van der Waals surface area contributed by atoms with Crippen LogP contribution in [0.3, 0.4) is 0 Å². The normalized spacial score (nSPS) is 20.8. The second kappa shape index (κ2) is 5.68. The zero-order valence-electron chi connectivity index (χ0n) is 10.3. The Balaban J connectivity index is 1.66. The second-order valence-corrected chi connectivity index (χ2v) is 6.85. The summed E-state index contributed by atoms with van der Waals surface area (Å²) in [5.41, 5.74) is 1.15. The Morgan fingerprint density at radius 3 is 3.11 bits per heavy atom. The number of rotatable bonds is 4. The lowest BCUT2D eigenvalue weighted by Gasteiger charge is -2.13. The van der Waals surface area contributed by atoms with Crippen LogP contribution in [-0.4, -0.2) is 28.3 Å². The van der Waals surface area contributed by atoms with E-state index in [9.17, 15) is 0 Å². The molecular weight excluding hydrogens is 308 g/mol. The van der Waals surface area contributed by atoms with Crippen LogP contribution in [0.15, 0.2) is 24.3 Å². The third kappa shape index (κ3) is 2.76. The Hall–Kier alpha value is -0.450. The van der Waals surface area contributed by atoms with Crippen molar-refractivity contribution in [3.05, 3.63) is 29.3 Å². The molecule has 0 aliphatic carbocycles. The lowest BCUT2D eigenvalue weighted by molar-refractivity contribution is 0.315.